The van der Waals surface area contributed by atoms with Gasteiger partial charge in [0.15, 0.2) is 0 Å². The van der Waals surface area contributed by atoms with Crippen LogP contribution in [0.15, 0.2) is 4.79 Å². The number of hydrogen-bond acceptors (Lipinski definition) is 5. The maximum Gasteiger partial charge on any atom is 0.345 e. The molecule has 2 unspecified atom stereocenters. The van der Waals surface area contributed by atoms with Gasteiger partial charge in [-0.2, -0.15) is 4.98 Å². The molecule has 0 spiro atoms. The first-order valence-electron chi connectivity index (χ1n) is 8.44. The third-order valence-corrected chi connectivity index (χ3v) is 4.73. The lowest BCUT2D eigenvalue weighted by Crippen LogP contribution is -2.43. The van der Waals surface area contributed by atoms with E-state index in [1.54, 1.807) is 14.0 Å². The Kier molecular flexibility index (Phi) is 6.12. The zero-order valence-corrected chi connectivity index (χ0v) is 15.2. The fourth-order valence-electron chi connectivity index (χ4n) is 3.24. The maximum atomic E-state index is 12.3. The van der Waals surface area contributed by atoms with Crippen molar-refractivity contribution < 1.29 is 9.53 Å². The van der Waals surface area contributed by atoms with Gasteiger partial charge < -0.3 is 15.0 Å². The summed E-state index contributed by atoms with van der Waals surface area (Å²) in [5.74, 6) is -0.00217. The molecule has 1 saturated heterocycles. The molecular formula is C17H28N4O3. The molecule has 1 aromatic rings. The summed E-state index contributed by atoms with van der Waals surface area (Å²) in [6, 6.07) is 0.447. The number of aromatic nitrogens is 2. The van der Waals surface area contributed by atoms with Gasteiger partial charge in [-0.1, -0.05) is 0 Å². The first kappa shape index (κ1) is 18.6. The van der Waals surface area contributed by atoms with Crippen LogP contribution < -0.4 is 11.0 Å². The number of likely N-dealkylation sites (tertiary alicyclic amines) is 1. The van der Waals surface area contributed by atoms with Gasteiger partial charge in [-0.15, -0.1) is 0 Å². The van der Waals surface area contributed by atoms with Crippen LogP contribution in [-0.2, 0) is 16.0 Å². The topological polar surface area (TPSA) is 87.3 Å². The van der Waals surface area contributed by atoms with E-state index >= 15 is 0 Å². The highest BCUT2D eigenvalue weighted by Crippen LogP contribution is 2.16. The Morgan fingerprint density at radius 3 is 2.71 bits per heavy atom. The lowest BCUT2D eigenvalue weighted by molar-refractivity contribution is -0.122. The van der Waals surface area contributed by atoms with Crippen molar-refractivity contribution in [2.24, 2.45) is 0 Å². The smallest absolute Gasteiger partial charge is 0.345 e. The molecule has 0 bridgehead atoms. The van der Waals surface area contributed by atoms with Crippen molar-refractivity contribution in [3.05, 3.63) is 27.4 Å². The highest BCUT2D eigenvalue weighted by Gasteiger charge is 2.34. The molecule has 7 nitrogen and oxygen atoms in total. The number of aryl methyl sites for hydroxylation is 2. The molecule has 0 radical (unpaired) electrons. The highest BCUT2D eigenvalue weighted by molar-refractivity contribution is 5.76. The minimum absolute atomic E-state index is 0.00217. The third kappa shape index (κ3) is 4.42. The SMILES string of the molecule is COC1CN(C(C)C)CC1NC(=O)CCc1c(C)nc(=O)[nH]c1C. The van der Waals surface area contributed by atoms with Crippen LogP contribution in [0.4, 0.5) is 0 Å². The standard InChI is InChI=1S/C17H28N4O3/c1-10(2)21-8-14(15(9-21)24-5)20-16(22)7-6-13-11(3)18-17(23)19-12(13)4/h10,14-15H,6-9H2,1-5H3,(H,20,22)(H,18,19,23). The number of H-pyrrole nitrogens is 1. The largest absolute Gasteiger partial charge is 0.378 e. The van der Waals surface area contributed by atoms with Crippen LogP contribution in [0, 0.1) is 13.8 Å². The van der Waals surface area contributed by atoms with Gasteiger partial charge in [0.05, 0.1) is 12.1 Å². The van der Waals surface area contributed by atoms with Crippen molar-refractivity contribution in [3.8, 4) is 0 Å². The second-order valence-corrected chi connectivity index (χ2v) is 6.73. The minimum Gasteiger partial charge on any atom is -0.378 e. The summed E-state index contributed by atoms with van der Waals surface area (Å²) in [6.45, 7) is 9.56. The van der Waals surface area contributed by atoms with Gasteiger partial charge in [-0.05, 0) is 39.7 Å². The summed E-state index contributed by atoms with van der Waals surface area (Å²) in [5.41, 5.74) is 2.05. The minimum atomic E-state index is -0.346. The van der Waals surface area contributed by atoms with Gasteiger partial charge in [-0.25, -0.2) is 4.79 Å². The van der Waals surface area contributed by atoms with Gasteiger partial charge in [0, 0.05) is 44.0 Å². The molecule has 7 heteroatoms. The van der Waals surface area contributed by atoms with E-state index in [1.165, 1.54) is 0 Å². The number of aromatic amines is 1. The molecule has 2 atom stereocenters. The molecule has 1 aromatic heterocycles. The van der Waals surface area contributed by atoms with Crippen molar-refractivity contribution >= 4 is 5.91 Å². The van der Waals surface area contributed by atoms with Gasteiger partial charge in [0.25, 0.3) is 0 Å². The van der Waals surface area contributed by atoms with E-state index < -0.39 is 0 Å². The number of carbonyl (C=O) groups excluding carboxylic acids is 1. The molecule has 1 amide bonds. The molecule has 1 aliphatic rings. The van der Waals surface area contributed by atoms with Crippen LogP contribution in [0.3, 0.4) is 0 Å². The second-order valence-electron chi connectivity index (χ2n) is 6.73. The molecule has 2 rings (SSSR count). The quantitative estimate of drug-likeness (QED) is 0.792. The van der Waals surface area contributed by atoms with Gasteiger partial charge >= 0.3 is 5.69 Å². The lowest BCUT2D eigenvalue weighted by Gasteiger charge is -2.20. The summed E-state index contributed by atoms with van der Waals surface area (Å²) < 4.78 is 5.51. The van der Waals surface area contributed by atoms with E-state index in [4.69, 9.17) is 4.74 Å². The molecular weight excluding hydrogens is 308 g/mol. The fraction of sp³-hybridized carbons (Fsp3) is 0.706. The molecule has 1 fully saturated rings. The normalized spacial score (nSPS) is 21.4. The molecule has 0 aliphatic carbocycles. The van der Waals surface area contributed by atoms with Crippen LogP contribution in [0.2, 0.25) is 0 Å². The Labute approximate surface area is 142 Å². The number of ether oxygens (including phenoxy) is 1. The number of nitrogens with one attached hydrogen (secondary N) is 2. The van der Waals surface area contributed by atoms with E-state index in [1.807, 2.05) is 6.92 Å². The number of methoxy groups -OCH3 is 1. The summed E-state index contributed by atoms with van der Waals surface area (Å²) in [7, 11) is 1.69. The average Bonchev–Trinajstić information content (AvgIpc) is 2.89. The molecule has 0 saturated carbocycles. The third-order valence-electron chi connectivity index (χ3n) is 4.73. The predicted molar refractivity (Wildman–Crippen MR) is 92.1 cm³/mol. The molecule has 2 heterocycles. The number of nitrogens with zero attached hydrogens (tertiary/aromatic N) is 2. The van der Waals surface area contributed by atoms with Crippen molar-refractivity contribution in [3.63, 3.8) is 0 Å². The maximum absolute atomic E-state index is 12.3. The Hall–Kier alpha value is -1.73. The van der Waals surface area contributed by atoms with Gasteiger partial charge in [0.2, 0.25) is 5.91 Å². The zero-order valence-electron chi connectivity index (χ0n) is 15.2. The molecule has 134 valence electrons. The van der Waals surface area contributed by atoms with E-state index in [-0.39, 0.29) is 23.7 Å². The Balaban J connectivity index is 1.93. The summed E-state index contributed by atoms with van der Waals surface area (Å²) in [4.78, 5) is 32.5. The summed E-state index contributed by atoms with van der Waals surface area (Å²) >= 11 is 0. The molecule has 2 N–H and O–H groups in total. The summed E-state index contributed by atoms with van der Waals surface area (Å²) in [6.07, 6.45) is 0.949. The van der Waals surface area contributed by atoms with Crippen molar-refractivity contribution in [2.45, 2.75) is 58.7 Å². The number of amides is 1. The Morgan fingerprint density at radius 2 is 2.12 bits per heavy atom. The number of rotatable bonds is 6. The van der Waals surface area contributed by atoms with E-state index in [2.05, 4.69) is 34.0 Å². The number of carbonyl (C=O) groups is 1. The van der Waals surface area contributed by atoms with Crippen LogP contribution in [0.5, 0.6) is 0 Å². The first-order valence-corrected chi connectivity index (χ1v) is 8.44. The van der Waals surface area contributed by atoms with E-state index in [9.17, 15) is 9.59 Å². The molecule has 24 heavy (non-hydrogen) atoms. The molecule has 0 aromatic carbocycles. The van der Waals surface area contributed by atoms with Crippen molar-refractivity contribution in [2.75, 3.05) is 20.2 Å². The lowest BCUT2D eigenvalue weighted by atomic mass is 10.1. The Bertz CT molecular complexity index is 615. The van der Waals surface area contributed by atoms with Gasteiger partial charge in [0.1, 0.15) is 0 Å². The van der Waals surface area contributed by atoms with Crippen LogP contribution in [0.25, 0.3) is 0 Å². The number of hydrogen-bond donors (Lipinski definition) is 2. The second kappa shape index (κ2) is 7.90. The van der Waals surface area contributed by atoms with Crippen LogP contribution in [-0.4, -0.2) is 59.2 Å². The first-order chi connectivity index (χ1) is 11.3. The summed E-state index contributed by atoms with van der Waals surface area (Å²) in [5, 5.41) is 3.09. The average molecular weight is 336 g/mol. The van der Waals surface area contributed by atoms with E-state index in [0.29, 0.717) is 24.6 Å². The van der Waals surface area contributed by atoms with E-state index in [0.717, 1.165) is 24.3 Å². The van der Waals surface area contributed by atoms with Crippen molar-refractivity contribution in [1.29, 1.82) is 0 Å². The van der Waals surface area contributed by atoms with Crippen LogP contribution in [0.1, 0.15) is 37.2 Å². The highest BCUT2D eigenvalue weighted by atomic mass is 16.5. The van der Waals surface area contributed by atoms with Crippen molar-refractivity contribution in [1.82, 2.24) is 20.2 Å². The predicted octanol–water partition coefficient (Wildman–Crippen LogP) is 0.543. The Morgan fingerprint density at radius 1 is 1.42 bits per heavy atom. The fourth-order valence-corrected chi connectivity index (χ4v) is 3.24. The monoisotopic (exact) mass is 336 g/mol. The van der Waals surface area contributed by atoms with Gasteiger partial charge in [-0.3, -0.25) is 9.69 Å². The van der Waals surface area contributed by atoms with Crippen LogP contribution >= 0.6 is 0 Å². The molecule has 1 aliphatic heterocycles. The zero-order chi connectivity index (χ0) is 17.9.